The monoisotopic (exact) mass is 358 g/mol. The number of hydrogen-bond acceptors (Lipinski definition) is 3. The average molecular weight is 360 g/mol. The molecule has 0 saturated heterocycles. The maximum Gasteiger partial charge on any atom is 0.258 e. The van der Waals surface area contributed by atoms with Crippen molar-refractivity contribution in [2.75, 3.05) is 5.32 Å². The normalized spacial score (nSPS) is 10.2. The molecule has 0 radical (unpaired) electrons. The summed E-state index contributed by atoms with van der Waals surface area (Å²) in [6.07, 6.45) is 1.45. The van der Waals surface area contributed by atoms with E-state index in [0.717, 1.165) is 0 Å². The Morgan fingerprint density at radius 2 is 2.21 bits per heavy atom. The molecule has 4 N–H and O–H groups in total. The average Bonchev–Trinajstić information content (AvgIpc) is 2.80. The van der Waals surface area contributed by atoms with Gasteiger partial charge in [0.15, 0.2) is 0 Å². The Morgan fingerprint density at radius 1 is 1.47 bits per heavy atom. The number of nitrogens with two attached hydrogens (primary N) is 1. The molecule has 0 aliphatic rings. The van der Waals surface area contributed by atoms with Crippen LogP contribution in [0.4, 0.5) is 5.82 Å². The predicted molar refractivity (Wildman–Crippen MR) is 81.6 cm³/mol. The number of nitrogens with zero attached hydrogens (tertiary/aromatic N) is 1. The van der Waals surface area contributed by atoms with Crippen molar-refractivity contribution in [2.45, 2.75) is 0 Å². The van der Waals surface area contributed by atoms with E-state index in [1.807, 2.05) is 0 Å². The fraction of sp³-hybridized carbons (Fsp3) is 0. The lowest BCUT2D eigenvalue weighted by Gasteiger charge is -2.07. The first-order valence-corrected chi connectivity index (χ1v) is 6.66. The van der Waals surface area contributed by atoms with E-state index < -0.39 is 0 Å². The summed E-state index contributed by atoms with van der Waals surface area (Å²) < 4.78 is 0.630. The molecule has 19 heavy (non-hydrogen) atoms. The van der Waals surface area contributed by atoms with E-state index in [-0.39, 0.29) is 10.9 Å². The second-order valence-corrected chi connectivity index (χ2v) is 5.33. The number of thiocarbonyl (C=S) groups is 1. The molecule has 1 amide bonds. The van der Waals surface area contributed by atoms with Gasteiger partial charge < -0.3 is 11.1 Å². The van der Waals surface area contributed by atoms with Crippen LogP contribution in [0.2, 0.25) is 5.02 Å². The van der Waals surface area contributed by atoms with Gasteiger partial charge in [0.25, 0.3) is 5.91 Å². The number of anilines is 1. The third-order valence-electron chi connectivity index (χ3n) is 2.32. The molecule has 2 aromatic rings. The third kappa shape index (κ3) is 3.12. The second-order valence-electron chi connectivity index (χ2n) is 3.60. The quantitative estimate of drug-likeness (QED) is 0.736. The SMILES string of the molecule is NC(=S)c1cn[nH]c1NC(=O)c1cc(Cl)ccc1Br. The first kappa shape index (κ1) is 14.0. The summed E-state index contributed by atoms with van der Waals surface area (Å²) in [6, 6.07) is 4.93. The summed E-state index contributed by atoms with van der Waals surface area (Å²) in [6.45, 7) is 0. The van der Waals surface area contributed by atoms with Gasteiger partial charge in [0, 0.05) is 9.50 Å². The highest BCUT2D eigenvalue weighted by Crippen LogP contribution is 2.22. The standard InChI is InChI=1S/C11H8BrClN4OS/c12-8-2-1-5(13)3-6(8)11(18)16-10-7(9(14)19)4-15-17-10/h1-4H,(H2,14,19)(H2,15,16,17,18). The van der Waals surface area contributed by atoms with Crippen molar-refractivity contribution in [3.05, 3.63) is 45.0 Å². The molecule has 1 aromatic heterocycles. The molecule has 8 heteroatoms. The molecule has 0 bridgehead atoms. The van der Waals surface area contributed by atoms with E-state index in [0.29, 0.717) is 26.4 Å². The molecule has 2 rings (SSSR count). The molecule has 0 saturated carbocycles. The molecular formula is C11H8BrClN4OS. The maximum absolute atomic E-state index is 12.1. The number of benzene rings is 1. The zero-order chi connectivity index (χ0) is 14.0. The molecule has 0 aliphatic heterocycles. The van der Waals surface area contributed by atoms with Gasteiger partial charge in [-0.25, -0.2) is 0 Å². The molecule has 0 atom stereocenters. The lowest BCUT2D eigenvalue weighted by molar-refractivity contribution is 0.102. The summed E-state index contributed by atoms with van der Waals surface area (Å²) >= 11 is 14.0. The van der Waals surface area contributed by atoms with Crippen molar-refractivity contribution >= 4 is 56.5 Å². The fourth-order valence-electron chi connectivity index (χ4n) is 1.42. The number of carbonyl (C=O) groups is 1. The van der Waals surface area contributed by atoms with Gasteiger partial charge in [0.1, 0.15) is 10.8 Å². The topological polar surface area (TPSA) is 83.8 Å². The van der Waals surface area contributed by atoms with Crippen LogP contribution in [-0.4, -0.2) is 21.1 Å². The van der Waals surface area contributed by atoms with Crippen molar-refractivity contribution in [1.29, 1.82) is 0 Å². The number of halogens is 2. The number of amides is 1. The van der Waals surface area contributed by atoms with Gasteiger partial charge in [-0.2, -0.15) is 5.10 Å². The summed E-state index contributed by atoms with van der Waals surface area (Å²) in [5.41, 5.74) is 6.39. The van der Waals surface area contributed by atoms with Crippen LogP contribution in [0, 0.1) is 0 Å². The molecule has 5 nitrogen and oxygen atoms in total. The minimum atomic E-state index is -0.351. The minimum absolute atomic E-state index is 0.147. The number of aromatic nitrogens is 2. The van der Waals surface area contributed by atoms with Gasteiger partial charge in [0.05, 0.1) is 17.3 Å². The Morgan fingerprint density at radius 3 is 2.89 bits per heavy atom. The largest absolute Gasteiger partial charge is 0.389 e. The summed E-state index contributed by atoms with van der Waals surface area (Å²) in [5.74, 6) is 0.000463. The fourth-order valence-corrected chi connectivity index (χ4v) is 2.17. The van der Waals surface area contributed by atoms with E-state index in [1.165, 1.54) is 6.20 Å². The van der Waals surface area contributed by atoms with Crippen molar-refractivity contribution in [2.24, 2.45) is 5.73 Å². The molecule has 0 fully saturated rings. The van der Waals surface area contributed by atoms with Crippen LogP contribution >= 0.6 is 39.7 Å². The van der Waals surface area contributed by atoms with Crippen LogP contribution in [0.3, 0.4) is 0 Å². The highest BCUT2D eigenvalue weighted by atomic mass is 79.9. The Bertz CT molecular complexity index is 658. The van der Waals surface area contributed by atoms with Crippen molar-refractivity contribution in [3.63, 3.8) is 0 Å². The molecule has 1 heterocycles. The van der Waals surface area contributed by atoms with Gasteiger partial charge in [-0.1, -0.05) is 23.8 Å². The van der Waals surface area contributed by atoms with Crippen molar-refractivity contribution < 1.29 is 4.79 Å². The number of aromatic amines is 1. The Balaban J connectivity index is 2.28. The smallest absolute Gasteiger partial charge is 0.258 e. The van der Waals surface area contributed by atoms with Gasteiger partial charge in [-0.05, 0) is 34.1 Å². The summed E-state index contributed by atoms with van der Waals surface area (Å²) in [5, 5.41) is 9.52. The first-order valence-electron chi connectivity index (χ1n) is 5.08. The van der Waals surface area contributed by atoms with Crippen LogP contribution in [0.5, 0.6) is 0 Å². The number of nitrogens with one attached hydrogen (secondary N) is 2. The number of carbonyl (C=O) groups excluding carboxylic acids is 1. The first-order chi connectivity index (χ1) is 8.99. The molecule has 98 valence electrons. The van der Waals surface area contributed by atoms with E-state index in [4.69, 9.17) is 29.6 Å². The van der Waals surface area contributed by atoms with E-state index in [2.05, 4.69) is 31.4 Å². The maximum atomic E-state index is 12.1. The number of rotatable bonds is 3. The Hall–Kier alpha value is -1.44. The zero-order valence-electron chi connectivity index (χ0n) is 9.41. The van der Waals surface area contributed by atoms with Crippen molar-refractivity contribution in [3.8, 4) is 0 Å². The van der Waals surface area contributed by atoms with Crippen LogP contribution in [0.25, 0.3) is 0 Å². The Kier molecular flexibility index (Phi) is 4.18. The van der Waals surface area contributed by atoms with Crippen LogP contribution < -0.4 is 11.1 Å². The third-order valence-corrected chi connectivity index (χ3v) is 3.46. The van der Waals surface area contributed by atoms with Gasteiger partial charge >= 0.3 is 0 Å². The molecule has 0 aliphatic carbocycles. The summed E-state index contributed by atoms with van der Waals surface area (Å²) in [7, 11) is 0. The predicted octanol–water partition coefficient (Wildman–Crippen LogP) is 2.71. The van der Waals surface area contributed by atoms with Crippen molar-refractivity contribution in [1.82, 2.24) is 10.2 Å². The van der Waals surface area contributed by atoms with Crippen LogP contribution in [0.1, 0.15) is 15.9 Å². The highest BCUT2D eigenvalue weighted by Gasteiger charge is 2.15. The highest BCUT2D eigenvalue weighted by molar-refractivity contribution is 9.10. The molecule has 0 spiro atoms. The minimum Gasteiger partial charge on any atom is -0.389 e. The van der Waals surface area contributed by atoms with Crippen LogP contribution in [-0.2, 0) is 0 Å². The van der Waals surface area contributed by atoms with Gasteiger partial charge in [0.2, 0.25) is 0 Å². The van der Waals surface area contributed by atoms with E-state index >= 15 is 0 Å². The molecule has 1 aromatic carbocycles. The van der Waals surface area contributed by atoms with Gasteiger partial charge in [-0.15, -0.1) is 0 Å². The Labute approximate surface area is 127 Å². The van der Waals surface area contributed by atoms with E-state index in [9.17, 15) is 4.79 Å². The van der Waals surface area contributed by atoms with Crippen LogP contribution in [0.15, 0.2) is 28.9 Å². The summed E-state index contributed by atoms with van der Waals surface area (Å²) in [4.78, 5) is 12.3. The second kappa shape index (κ2) is 5.68. The molecule has 0 unspecified atom stereocenters. The lowest BCUT2D eigenvalue weighted by Crippen LogP contribution is -2.17. The van der Waals surface area contributed by atoms with Gasteiger partial charge in [-0.3, -0.25) is 9.89 Å². The number of hydrogen-bond donors (Lipinski definition) is 3. The zero-order valence-corrected chi connectivity index (χ0v) is 12.6. The van der Waals surface area contributed by atoms with E-state index in [1.54, 1.807) is 18.2 Å². The molecular weight excluding hydrogens is 352 g/mol. The number of H-pyrrole nitrogens is 1. The lowest BCUT2D eigenvalue weighted by atomic mass is 10.2.